The Balaban J connectivity index is 2.11. The van der Waals surface area contributed by atoms with E-state index >= 15 is 0 Å². The first-order valence-corrected chi connectivity index (χ1v) is 5.95. The first-order valence-electron chi connectivity index (χ1n) is 5.95. The van der Waals surface area contributed by atoms with Crippen LogP contribution >= 0.6 is 0 Å². The highest BCUT2D eigenvalue weighted by atomic mass is 16.1. The van der Waals surface area contributed by atoms with E-state index in [1.54, 1.807) is 4.68 Å². The minimum absolute atomic E-state index is 0.0925. The fourth-order valence-corrected chi connectivity index (χ4v) is 2.28. The number of fused-ring (bicyclic) bond motifs is 1. The van der Waals surface area contributed by atoms with Gasteiger partial charge in [0.15, 0.2) is 0 Å². The lowest BCUT2D eigenvalue weighted by atomic mass is 10.1. The maximum Gasteiger partial charge on any atom is 0.274 e. The maximum absolute atomic E-state index is 12.3. The molecule has 0 aliphatic carbocycles. The summed E-state index contributed by atoms with van der Waals surface area (Å²) in [5, 5.41) is 6.51. The van der Waals surface area contributed by atoms with Crippen LogP contribution in [0.1, 0.15) is 17.7 Å². The summed E-state index contributed by atoms with van der Waals surface area (Å²) in [5.74, 6) is 0. The third-order valence-corrected chi connectivity index (χ3v) is 3.17. The van der Waals surface area contributed by atoms with Crippen molar-refractivity contribution >= 4 is 0 Å². The van der Waals surface area contributed by atoms with E-state index in [1.807, 2.05) is 30.3 Å². The van der Waals surface area contributed by atoms with Crippen LogP contribution in [0.3, 0.4) is 0 Å². The van der Waals surface area contributed by atoms with Crippen molar-refractivity contribution < 1.29 is 0 Å². The second-order valence-corrected chi connectivity index (χ2v) is 4.33. The first kappa shape index (κ1) is 10.4. The highest BCUT2D eigenvalue weighted by molar-refractivity contribution is 5.33. The summed E-state index contributed by atoms with van der Waals surface area (Å²) in [7, 11) is 0. The Morgan fingerprint density at radius 2 is 2.00 bits per heavy atom. The lowest BCUT2D eigenvalue weighted by Crippen LogP contribution is -2.18. The molecule has 0 fully saturated rings. The zero-order valence-corrected chi connectivity index (χ0v) is 9.57. The Bertz CT molecular complexity index is 568. The van der Waals surface area contributed by atoms with Gasteiger partial charge in [0, 0.05) is 12.1 Å². The molecule has 0 spiro atoms. The van der Waals surface area contributed by atoms with Gasteiger partial charge in [-0.3, -0.25) is 9.89 Å². The standard InChI is InChI=1S/C13H15N3O/c17-13-11-7-4-8-14-9-12(11)15-16(13)10-5-2-1-3-6-10/h1-3,5-6,14-15H,4,7-9H2. The number of nitrogens with one attached hydrogen (secondary N) is 2. The Morgan fingerprint density at radius 1 is 1.18 bits per heavy atom. The third kappa shape index (κ3) is 1.80. The Hall–Kier alpha value is -1.81. The van der Waals surface area contributed by atoms with Crippen LogP contribution < -0.4 is 10.9 Å². The molecule has 0 bridgehead atoms. The topological polar surface area (TPSA) is 49.8 Å². The molecule has 2 N–H and O–H groups in total. The van der Waals surface area contributed by atoms with Crippen molar-refractivity contribution in [2.45, 2.75) is 19.4 Å². The van der Waals surface area contributed by atoms with Crippen molar-refractivity contribution in [1.29, 1.82) is 0 Å². The Kier molecular flexibility index (Phi) is 2.57. The van der Waals surface area contributed by atoms with Gasteiger partial charge in [-0.2, -0.15) is 0 Å². The van der Waals surface area contributed by atoms with Crippen LogP contribution in [0.25, 0.3) is 5.69 Å². The van der Waals surface area contributed by atoms with Gasteiger partial charge in [0.25, 0.3) is 5.56 Å². The number of hydrogen-bond donors (Lipinski definition) is 2. The first-order chi connectivity index (χ1) is 8.36. The molecule has 0 saturated heterocycles. The van der Waals surface area contributed by atoms with Gasteiger partial charge in [-0.05, 0) is 31.5 Å². The van der Waals surface area contributed by atoms with E-state index < -0.39 is 0 Å². The number of para-hydroxylation sites is 1. The molecule has 0 saturated carbocycles. The molecule has 1 aromatic heterocycles. The summed E-state index contributed by atoms with van der Waals surface area (Å²) in [6, 6.07) is 9.69. The smallest absolute Gasteiger partial charge is 0.274 e. The van der Waals surface area contributed by atoms with Crippen molar-refractivity contribution in [3.05, 3.63) is 51.9 Å². The van der Waals surface area contributed by atoms with Gasteiger partial charge in [-0.1, -0.05) is 18.2 Å². The Labute approximate surface area is 99.3 Å². The van der Waals surface area contributed by atoms with Crippen LogP contribution in [0, 0.1) is 0 Å². The number of hydrogen-bond acceptors (Lipinski definition) is 2. The van der Waals surface area contributed by atoms with Crippen molar-refractivity contribution in [3.8, 4) is 5.69 Å². The molecule has 0 amide bonds. The van der Waals surface area contributed by atoms with E-state index in [-0.39, 0.29) is 5.56 Å². The summed E-state index contributed by atoms with van der Waals surface area (Å²) in [5.41, 5.74) is 2.94. The monoisotopic (exact) mass is 229 g/mol. The molecule has 3 rings (SSSR count). The number of rotatable bonds is 1. The van der Waals surface area contributed by atoms with E-state index in [9.17, 15) is 4.79 Å². The van der Waals surface area contributed by atoms with E-state index in [2.05, 4.69) is 10.4 Å². The molecule has 0 unspecified atom stereocenters. The molecule has 17 heavy (non-hydrogen) atoms. The number of benzene rings is 1. The predicted octanol–water partition coefficient (Wildman–Crippen LogP) is 1.20. The van der Waals surface area contributed by atoms with Crippen molar-refractivity contribution in [3.63, 3.8) is 0 Å². The quantitative estimate of drug-likeness (QED) is 0.772. The fourth-order valence-electron chi connectivity index (χ4n) is 2.28. The van der Waals surface area contributed by atoms with E-state index in [1.165, 1.54) is 0 Å². The molecule has 0 atom stereocenters. The van der Waals surface area contributed by atoms with Crippen LogP contribution in [0.2, 0.25) is 0 Å². The zero-order chi connectivity index (χ0) is 11.7. The van der Waals surface area contributed by atoms with Crippen LogP contribution in [-0.4, -0.2) is 16.3 Å². The van der Waals surface area contributed by atoms with Gasteiger partial charge in [0.1, 0.15) is 0 Å². The summed E-state index contributed by atoms with van der Waals surface area (Å²) in [6.45, 7) is 1.73. The number of H-pyrrole nitrogens is 1. The number of aromatic amines is 1. The fraction of sp³-hybridized carbons (Fsp3) is 0.308. The van der Waals surface area contributed by atoms with Gasteiger partial charge in [0.2, 0.25) is 0 Å². The minimum Gasteiger partial charge on any atom is -0.311 e. The minimum atomic E-state index is 0.0925. The van der Waals surface area contributed by atoms with E-state index in [0.717, 1.165) is 42.9 Å². The number of aromatic nitrogens is 2. The lowest BCUT2D eigenvalue weighted by molar-refractivity contribution is 0.658. The molecule has 2 aromatic rings. The van der Waals surface area contributed by atoms with Gasteiger partial charge in [0.05, 0.1) is 11.4 Å². The summed E-state index contributed by atoms with van der Waals surface area (Å²) < 4.78 is 1.64. The maximum atomic E-state index is 12.3. The van der Waals surface area contributed by atoms with Crippen LogP contribution in [0.5, 0.6) is 0 Å². The molecule has 1 aliphatic rings. The average Bonchev–Trinajstić information content (AvgIpc) is 2.56. The molecule has 4 nitrogen and oxygen atoms in total. The van der Waals surface area contributed by atoms with Crippen molar-refractivity contribution in [2.75, 3.05) is 6.54 Å². The SMILES string of the molecule is O=c1c2c([nH]n1-c1ccccc1)CNCCC2. The van der Waals surface area contributed by atoms with Gasteiger partial charge in [-0.15, -0.1) is 0 Å². The van der Waals surface area contributed by atoms with Crippen molar-refractivity contribution in [1.82, 2.24) is 15.1 Å². The molecule has 1 aliphatic heterocycles. The summed E-state index contributed by atoms with van der Waals surface area (Å²) in [6.07, 6.45) is 1.88. The Morgan fingerprint density at radius 3 is 2.82 bits per heavy atom. The van der Waals surface area contributed by atoms with Crippen molar-refractivity contribution in [2.24, 2.45) is 0 Å². The van der Waals surface area contributed by atoms with E-state index in [4.69, 9.17) is 0 Å². The highest BCUT2D eigenvalue weighted by Gasteiger charge is 2.16. The third-order valence-electron chi connectivity index (χ3n) is 3.17. The lowest BCUT2D eigenvalue weighted by Gasteiger charge is -2.01. The molecular formula is C13H15N3O. The van der Waals surface area contributed by atoms with Crippen LogP contribution in [0.4, 0.5) is 0 Å². The predicted molar refractivity (Wildman–Crippen MR) is 66.4 cm³/mol. The van der Waals surface area contributed by atoms with Gasteiger partial charge in [-0.25, -0.2) is 4.68 Å². The molecule has 2 heterocycles. The zero-order valence-electron chi connectivity index (χ0n) is 9.57. The van der Waals surface area contributed by atoms with Gasteiger partial charge >= 0.3 is 0 Å². The summed E-state index contributed by atoms with van der Waals surface area (Å²) in [4.78, 5) is 12.3. The van der Waals surface area contributed by atoms with Gasteiger partial charge < -0.3 is 5.32 Å². The van der Waals surface area contributed by atoms with E-state index in [0.29, 0.717) is 0 Å². The van der Waals surface area contributed by atoms with Crippen LogP contribution in [-0.2, 0) is 13.0 Å². The molecule has 0 radical (unpaired) electrons. The second kappa shape index (κ2) is 4.22. The molecular weight excluding hydrogens is 214 g/mol. The molecule has 88 valence electrons. The average molecular weight is 229 g/mol. The van der Waals surface area contributed by atoms with Crippen LogP contribution in [0.15, 0.2) is 35.1 Å². The normalized spacial score (nSPS) is 15.3. The summed E-state index contributed by atoms with van der Waals surface area (Å²) >= 11 is 0. The largest absolute Gasteiger partial charge is 0.311 e. The molecule has 4 heteroatoms. The highest BCUT2D eigenvalue weighted by Crippen LogP contribution is 2.11. The second-order valence-electron chi connectivity index (χ2n) is 4.33. The molecule has 1 aromatic carbocycles. The number of nitrogens with zero attached hydrogens (tertiary/aromatic N) is 1.